The summed E-state index contributed by atoms with van der Waals surface area (Å²) >= 11 is 6.29. The molecule has 1 aliphatic heterocycles. The molecule has 1 N–H and O–H groups in total. The van der Waals surface area contributed by atoms with Crippen LogP contribution in [0.15, 0.2) is 55.1 Å². The Bertz CT molecular complexity index is 654. The van der Waals surface area contributed by atoms with Crippen molar-refractivity contribution in [1.29, 1.82) is 0 Å². The van der Waals surface area contributed by atoms with E-state index >= 15 is 0 Å². The van der Waals surface area contributed by atoms with E-state index in [9.17, 15) is 5.11 Å². The maximum Gasteiger partial charge on any atom is 0.134 e. The number of rotatable bonds is 3. The van der Waals surface area contributed by atoms with Gasteiger partial charge < -0.3 is 5.11 Å². The molecule has 0 saturated carbocycles. The highest BCUT2D eigenvalue weighted by Crippen LogP contribution is 2.38. The number of fused-ring (bicyclic) bond motifs is 1. The van der Waals surface area contributed by atoms with Gasteiger partial charge in [-0.05, 0) is 22.8 Å². The van der Waals surface area contributed by atoms with E-state index in [0.29, 0.717) is 5.02 Å². The fourth-order valence-corrected chi connectivity index (χ4v) is 3.19. The summed E-state index contributed by atoms with van der Waals surface area (Å²) in [5.41, 5.74) is 3.47. The maximum absolute atomic E-state index is 9.83. The van der Waals surface area contributed by atoms with Gasteiger partial charge in [-0.1, -0.05) is 54.1 Å². The number of hydrogen-bond donors (Lipinski definition) is 1. The zero-order valence-electron chi connectivity index (χ0n) is 11.8. The van der Waals surface area contributed by atoms with E-state index in [1.807, 2.05) is 18.2 Å². The first-order chi connectivity index (χ1) is 10.2. The molecule has 1 aliphatic rings. The Balaban J connectivity index is 1.90. The summed E-state index contributed by atoms with van der Waals surface area (Å²) in [7, 11) is 0. The normalized spacial score (nSPS) is 18.2. The molecule has 0 fully saturated rings. The first-order valence-corrected chi connectivity index (χ1v) is 7.46. The summed E-state index contributed by atoms with van der Waals surface area (Å²) in [6, 6.07) is 14.0. The van der Waals surface area contributed by atoms with Gasteiger partial charge in [0.1, 0.15) is 5.75 Å². The molecule has 0 amide bonds. The van der Waals surface area contributed by atoms with E-state index in [2.05, 4.69) is 35.7 Å². The second-order valence-corrected chi connectivity index (χ2v) is 5.84. The van der Waals surface area contributed by atoms with Crippen LogP contribution in [0.25, 0.3) is 0 Å². The topological polar surface area (TPSA) is 23.5 Å². The van der Waals surface area contributed by atoms with E-state index in [1.54, 1.807) is 6.07 Å². The highest BCUT2D eigenvalue weighted by atomic mass is 35.5. The van der Waals surface area contributed by atoms with Gasteiger partial charge in [-0.2, -0.15) is 0 Å². The van der Waals surface area contributed by atoms with Crippen molar-refractivity contribution >= 4 is 11.6 Å². The molecule has 2 aromatic carbocycles. The highest BCUT2D eigenvalue weighted by molar-refractivity contribution is 6.32. The van der Waals surface area contributed by atoms with Gasteiger partial charge in [0.25, 0.3) is 0 Å². The molecule has 0 aliphatic carbocycles. The van der Waals surface area contributed by atoms with Crippen molar-refractivity contribution in [2.24, 2.45) is 0 Å². The molecule has 0 aromatic heterocycles. The number of nitrogens with zero attached hydrogens (tertiary/aromatic N) is 1. The maximum atomic E-state index is 9.83. The van der Waals surface area contributed by atoms with Crippen molar-refractivity contribution in [1.82, 2.24) is 4.90 Å². The molecule has 1 heterocycles. The summed E-state index contributed by atoms with van der Waals surface area (Å²) in [6.07, 6.45) is 1.96. The summed E-state index contributed by atoms with van der Waals surface area (Å²) in [5.74, 6) is 0.398. The Kier molecular flexibility index (Phi) is 4.00. The lowest BCUT2D eigenvalue weighted by atomic mass is 9.89. The van der Waals surface area contributed by atoms with Gasteiger partial charge >= 0.3 is 0 Å². The fourth-order valence-electron chi connectivity index (χ4n) is 2.96. The first-order valence-electron chi connectivity index (χ1n) is 7.08. The van der Waals surface area contributed by atoms with Crippen LogP contribution in [0.1, 0.15) is 22.6 Å². The Morgan fingerprint density at radius 1 is 1.24 bits per heavy atom. The van der Waals surface area contributed by atoms with E-state index in [-0.39, 0.29) is 11.7 Å². The van der Waals surface area contributed by atoms with Gasteiger partial charge in [-0.3, -0.25) is 4.90 Å². The number of aromatic hydroxyl groups is 1. The van der Waals surface area contributed by atoms with Crippen LogP contribution in [-0.4, -0.2) is 16.6 Å². The zero-order chi connectivity index (χ0) is 14.8. The van der Waals surface area contributed by atoms with Crippen LogP contribution in [0.3, 0.4) is 0 Å². The third kappa shape index (κ3) is 2.82. The molecule has 0 radical (unpaired) electrons. The van der Waals surface area contributed by atoms with Crippen molar-refractivity contribution in [3.63, 3.8) is 0 Å². The number of benzene rings is 2. The monoisotopic (exact) mass is 299 g/mol. The van der Waals surface area contributed by atoms with Gasteiger partial charge in [0.05, 0.1) is 5.02 Å². The quantitative estimate of drug-likeness (QED) is 0.853. The number of phenolic OH excluding ortho intramolecular Hbond substituents is 1. The average Bonchev–Trinajstić information content (AvgIpc) is 2.51. The number of hydrogen-bond acceptors (Lipinski definition) is 2. The van der Waals surface area contributed by atoms with Crippen LogP contribution < -0.4 is 0 Å². The van der Waals surface area contributed by atoms with E-state index < -0.39 is 0 Å². The Labute approximate surface area is 130 Å². The minimum absolute atomic E-state index is 0.153. The number of phenols is 1. The van der Waals surface area contributed by atoms with Crippen molar-refractivity contribution in [3.8, 4) is 5.75 Å². The molecule has 0 spiro atoms. The lowest BCUT2D eigenvalue weighted by Crippen LogP contribution is -2.32. The van der Waals surface area contributed by atoms with Gasteiger partial charge in [-0.25, -0.2) is 0 Å². The predicted octanol–water partition coefficient (Wildman–Crippen LogP) is 4.33. The molecule has 0 bridgehead atoms. The molecule has 0 unspecified atom stereocenters. The van der Waals surface area contributed by atoms with Gasteiger partial charge in [0.15, 0.2) is 0 Å². The summed E-state index contributed by atoms with van der Waals surface area (Å²) < 4.78 is 0. The van der Waals surface area contributed by atoms with E-state index in [0.717, 1.165) is 25.2 Å². The van der Waals surface area contributed by atoms with Crippen LogP contribution >= 0.6 is 11.6 Å². The Hall–Kier alpha value is -1.77. The third-order valence-electron chi connectivity index (χ3n) is 4.03. The van der Waals surface area contributed by atoms with E-state index in [1.165, 1.54) is 11.1 Å². The Morgan fingerprint density at radius 2 is 2.00 bits per heavy atom. The standard InChI is InChI=1S/C18H18ClNO/c1-2-14-11-20(10-13-6-4-3-5-7-13)12-16-15(14)8-9-17(21)18(16)19/h2-9,14,21H,1,10-12H2/t14-/m0/s1. The smallest absolute Gasteiger partial charge is 0.134 e. The summed E-state index contributed by atoms with van der Waals surface area (Å²) in [6.45, 7) is 6.49. The molecular formula is C18H18ClNO. The van der Waals surface area contributed by atoms with Crippen molar-refractivity contribution < 1.29 is 5.11 Å². The summed E-state index contributed by atoms with van der Waals surface area (Å²) in [5, 5.41) is 10.3. The van der Waals surface area contributed by atoms with Crippen molar-refractivity contribution in [3.05, 3.63) is 76.8 Å². The second-order valence-electron chi connectivity index (χ2n) is 5.46. The molecule has 21 heavy (non-hydrogen) atoms. The summed E-state index contributed by atoms with van der Waals surface area (Å²) in [4.78, 5) is 2.34. The van der Waals surface area contributed by atoms with Crippen LogP contribution in [0.5, 0.6) is 5.75 Å². The average molecular weight is 300 g/mol. The molecule has 3 heteroatoms. The van der Waals surface area contributed by atoms with Gasteiger partial charge in [0, 0.05) is 25.6 Å². The van der Waals surface area contributed by atoms with Crippen LogP contribution in [0.2, 0.25) is 5.02 Å². The molecule has 108 valence electrons. The zero-order valence-corrected chi connectivity index (χ0v) is 12.6. The predicted molar refractivity (Wildman–Crippen MR) is 86.6 cm³/mol. The van der Waals surface area contributed by atoms with Crippen LogP contribution in [0, 0.1) is 0 Å². The first kappa shape index (κ1) is 14.2. The third-order valence-corrected chi connectivity index (χ3v) is 4.45. The minimum atomic E-state index is 0.153. The second kappa shape index (κ2) is 5.92. The minimum Gasteiger partial charge on any atom is -0.506 e. The Morgan fingerprint density at radius 3 is 2.71 bits per heavy atom. The molecule has 2 nitrogen and oxygen atoms in total. The van der Waals surface area contributed by atoms with Gasteiger partial charge in [-0.15, -0.1) is 6.58 Å². The highest BCUT2D eigenvalue weighted by Gasteiger charge is 2.26. The fraction of sp³-hybridized carbons (Fsp3) is 0.222. The lowest BCUT2D eigenvalue weighted by Gasteiger charge is -2.34. The molecular weight excluding hydrogens is 282 g/mol. The van der Waals surface area contributed by atoms with Crippen LogP contribution in [0.4, 0.5) is 0 Å². The van der Waals surface area contributed by atoms with Gasteiger partial charge in [0.2, 0.25) is 0 Å². The number of halogens is 1. The lowest BCUT2D eigenvalue weighted by molar-refractivity contribution is 0.234. The largest absolute Gasteiger partial charge is 0.506 e. The molecule has 0 saturated heterocycles. The molecule has 1 atom stereocenters. The molecule has 2 aromatic rings. The SMILES string of the molecule is C=C[C@H]1CN(Cc2ccccc2)Cc2c1ccc(O)c2Cl. The van der Waals surface area contributed by atoms with Crippen molar-refractivity contribution in [2.75, 3.05) is 6.54 Å². The van der Waals surface area contributed by atoms with E-state index in [4.69, 9.17) is 11.6 Å². The molecule has 3 rings (SSSR count). The van der Waals surface area contributed by atoms with Crippen molar-refractivity contribution in [2.45, 2.75) is 19.0 Å². The van der Waals surface area contributed by atoms with Crippen LogP contribution in [-0.2, 0) is 13.1 Å².